The molecule has 0 rings (SSSR count). The molecule has 0 aliphatic carbocycles. The van der Waals surface area contributed by atoms with E-state index in [1.165, 1.54) is 0 Å². The first-order chi connectivity index (χ1) is 9.71. The van der Waals surface area contributed by atoms with E-state index in [-0.39, 0.29) is 0 Å². The Kier molecular flexibility index (Phi) is 6.23. The van der Waals surface area contributed by atoms with Crippen LogP contribution in [0.3, 0.4) is 0 Å². The maximum absolute atomic E-state index is 12.7. The van der Waals surface area contributed by atoms with Crippen LogP contribution in [0.15, 0.2) is 0 Å². The number of hydrogen-bond donors (Lipinski definition) is 0. The molecule has 23 heavy (non-hydrogen) atoms. The molecule has 0 aromatic carbocycles. The van der Waals surface area contributed by atoms with Crippen molar-refractivity contribution in [2.24, 2.45) is 0 Å². The van der Waals surface area contributed by atoms with Gasteiger partial charge < -0.3 is 0 Å². The SMILES string of the molecule is FC(F)(F)C(F)(F)C(F)(F)[CH2][Sn][CH2]C(F)(F)C(F)(F)C(F)(F)F. The van der Waals surface area contributed by atoms with Crippen molar-refractivity contribution in [1.82, 2.24) is 0 Å². The molecule has 0 heterocycles. The van der Waals surface area contributed by atoms with Crippen molar-refractivity contribution < 1.29 is 61.5 Å². The molecular formula is C8H4F14Sn. The minimum absolute atomic E-state index is 2.51. The number of alkyl halides is 14. The van der Waals surface area contributed by atoms with Crippen LogP contribution in [0.5, 0.6) is 0 Å². The molecule has 138 valence electrons. The van der Waals surface area contributed by atoms with Crippen LogP contribution in [0, 0.1) is 0 Å². The number of hydrogen-bond acceptors (Lipinski definition) is 0. The Morgan fingerprint density at radius 2 is 0.652 bits per heavy atom. The summed E-state index contributed by atoms with van der Waals surface area (Å²) >= 11 is -3.84. The number of halogens is 14. The van der Waals surface area contributed by atoms with Gasteiger partial charge in [-0.2, -0.15) is 0 Å². The van der Waals surface area contributed by atoms with E-state index in [2.05, 4.69) is 0 Å². The minimum atomic E-state index is -6.74. The van der Waals surface area contributed by atoms with Gasteiger partial charge in [0.25, 0.3) is 0 Å². The monoisotopic (exact) mass is 486 g/mol. The van der Waals surface area contributed by atoms with Crippen LogP contribution in [0.1, 0.15) is 0 Å². The summed E-state index contributed by atoms with van der Waals surface area (Å²) in [4.78, 5) is 0. The van der Waals surface area contributed by atoms with E-state index in [4.69, 9.17) is 0 Å². The van der Waals surface area contributed by atoms with Gasteiger partial charge in [-0.05, 0) is 0 Å². The molecule has 0 aliphatic heterocycles. The van der Waals surface area contributed by atoms with Crippen LogP contribution in [0.25, 0.3) is 0 Å². The van der Waals surface area contributed by atoms with Crippen molar-refractivity contribution in [1.29, 1.82) is 0 Å². The molecule has 0 atom stereocenters. The Morgan fingerprint density at radius 3 is 0.826 bits per heavy atom. The van der Waals surface area contributed by atoms with E-state index < -0.39 is 66.1 Å². The molecule has 0 nitrogen and oxygen atoms in total. The van der Waals surface area contributed by atoms with Crippen LogP contribution in [-0.4, -0.2) is 57.2 Å². The Morgan fingerprint density at radius 1 is 0.435 bits per heavy atom. The van der Waals surface area contributed by atoms with Crippen LogP contribution in [0.2, 0.25) is 8.87 Å². The van der Waals surface area contributed by atoms with Crippen LogP contribution >= 0.6 is 0 Å². The first-order valence-electron chi connectivity index (χ1n) is 5.06. The quantitative estimate of drug-likeness (QED) is 0.359. The van der Waals surface area contributed by atoms with Gasteiger partial charge in [-0.25, -0.2) is 0 Å². The zero-order valence-corrected chi connectivity index (χ0v) is 13.1. The third-order valence-electron chi connectivity index (χ3n) is 2.32. The predicted molar refractivity (Wildman–Crippen MR) is 47.3 cm³/mol. The number of rotatable bonds is 6. The van der Waals surface area contributed by atoms with Crippen molar-refractivity contribution >= 4 is 21.1 Å². The summed E-state index contributed by atoms with van der Waals surface area (Å²) in [5, 5.41) is 0. The molecule has 0 unspecified atom stereocenters. The molecule has 0 aliphatic rings. The maximum atomic E-state index is 12.7. The van der Waals surface area contributed by atoms with Crippen LogP contribution in [0.4, 0.5) is 61.5 Å². The van der Waals surface area contributed by atoms with Gasteiger partial charge in [0.05, 0.1) is 0 Å². The molecule has 0 aromatic rings. The van der Waals surface area contributed by atoms with E-state index in [9.17, 15) is 61.5 Å². The molecular weight excluding hydrogens is 481 g/mol. The van der Waals surface area contributed by atoms with E-state index in [1.807, 2.05) is 0 Å². The van der Waals surface area contributed by atoms with Gasteiger partial charge in [0.1, 0.15) is 0 Å². The summed E-state index contributed by atoms with van der Waals surface area (Å²) in [6.45, 7) is 0. The van der Waals surface area contributed by atoms with E-state index in [1.54, 1.807) is 0 Å². The Hall–Kier alpha value is -0.181. The molecule has 0 bridgehead atoms. The van der Waals surface area contributed by atoms with Gasteiger partial charge >= 0.3 is 128 Å². The van der Waals surface area contributed by atoms with Gasteiger partial charge in [-0.1, -0.05) is 0 Å². The first-order valence-corrected chi connectivity index (χ1v) is 9.10. The third-order valence-corrected chi connectivity index (χ3v) is 6.29. The summed E-state index contributed by atoms with van der Waals surface area (Å²) in [5.41, 5.74) is 0. The van der Waals surface area contributed by atoms with Crippen molar-refractivity contribution in [2.75, 3.05) is 0 Å². The summed E-state index contributed by atoms with van der Waals surface area (Å²) in [6, 6.07) is 0. The molecule has 0 fully saturated rings. The van der Waals surface area contributed by atoms with Crippen LogP contribution in [-0.2, 0) is 0 Å². The second kappa shape index (κ2) is 6.28. The van der Waals surface area contributed by atoms with Gasteiger partial charge in [-0.15, -0.1) is 0 Å². The van der Waals surface area contributed by atoms with Gasteiger partial charge in [-0.3, -0.25) is 0 Å². The second-order valence-electron chi connectivity index (χ2n) is 4.16. The van der Waals surface area contributed by atoms with Crippen molar-refractivity contribution in [3.63, 3.8) is 0 Å². The zero-order chi connectivity index (χ0) is 19.1. The molecule has 0 N–H and O–H groups in total. The Bertz CT molecular complexity index is 366. The van der Waals surface area contributed by atoms with Gasteiger partial charge in [0, 0.05) is 0 Å². The van der Waals surface area contributed by atoms with E-state index in [0.29, 0.717) is 0 Å². The van der Waals surface area contributed by atoms with Crippen molar-refractivity contribution in [2.45, 2.75) is 44.9 Å². The molecule has 0 aromatic heterocycles. The molecule has 2 radical (unpaired) electrons. The summed E-state index contributed by atoms with van der Waals surface area (Å²) in [6.07, 6.45) is -13.5. The molecule has 0 saturated carbocycles. The molecule has 15 heteroatoms. The normalized spacial score (nSPS) is 15.9. The third kappa shape index (κ3) is 4.46. The molecule has 0 amide bonds. The molecule has 0 saturated heterocycles. The predicted octanol–water partition coefficient (Wildman–Crippen LogP) is 5.19. The second-order valence-corrected chi connectivity index (χ2v) is 7.60. The topological polar surface area (TPSA) is 0 Å². The van der Waals surface area contributed by atoms with Gasteiger partial charge in [0.15, 0.2) is 0 Å². The zero-order valence-electron chi connectivity index (χ0n) is 10.2. The average molecular weight is 485 g/mol. The standard InChI is InChI=1S/2C4H2F7.Sn/c2*1-2(5,6)3(7,8)4(9,10)11;/h2*1H2;. The summed E-state index contributed by atoms with van der Waals surface area (Å²) < 4.78 is 166. The average Bonchev–Trinajstić information content (AvgIpc) is 2.24. The molecule has 0 spiro atoms. The first kappa shape index (κ1) is 22.8. The fraction of sp³-hybridized carbons (Fsp3) is 1.00. The summed E-state index contributed by atoms with van der Waals surface area (Å²) in [7, 11) is 0. The Balaban J connectivity index is 5.03. The Labute approximate surface area is 128 Å². The fourth-order valence-corrected chi connectivity index (χ4v) is 4.43. The fourth-order valence-electron chi connectivity index (χ4n) is 1.01. The van der Waals surface area contributed by atoms with Crippen molar-refractivity contribution in [3.05, 3.63) is 0 Å². The summed E-state index contributed by atoms with van der Waals surface area (Å²) in [5.74, 6) is -25.0. The van der Waals surface area contributed by atoms with Crippen molar-refractivity contribution in [3.8, 4) is 0 Å². The van der Waals surface area contributed by atoms with E-state index >= 15 is 0 Å². The van der Waals surface area contributed by atoms with E-state index in [0.717, 1.165) is 0 Å². The van der Waals surface area contributed by atoms with Gasteiger partial charge in [0.2, 0.25) is 0 Å². The van der Waals surface area contributed by atoms with Crippen LogP contribution < -0.4 is 0 Å².